The second kappa shape index (κ2) is 7.01. The standard InChI is InChI=1S/C23H24F2N2OS/c1-22(24,25)17-3-2-4-20(15-17)28-19-7-5-16(6-8-19)23-11-9-18(10-12-23)27-13-14-29-26-21(23)27/h2-8,15,18H,9-14H2,1H3. The van der Waals surface area contributed by atoms with E-state index >= 15 is 0 Å². The first kappa shape index (κ1) is 18.9. The molecule has 2 aromatic rings. The molecule has 0 amide bonds. The third-order valence-electron chi connectivity index (χ3n) is 6.51. The van der Waals surface area contributed by atoms with E-state index < -0.39 is 5.92 Å². The molecule has 1 saturated carbocycles. The van der Waals surface area contributed by atoms with Gasteiger partial charge in [0.25, 0.3) is 5.92 Å². The number of alkyl halides is 2. The van der Waals surface area contributed by atoms with Crippen LogP contribution in [0.4, 0.5) is 8.78 Å². The minimum absolute atomic E-state index is 0.00485. The van der Waals surface area contributed by atoms with Crippen LogP contribution < -0.4 is 4.74 Å². The van der Waals surface area contributed by atoms with E-state index in [4.69, 9.17) is 9.13 Å². The van der Waals surface area contributed by atoms with E-state index in [9.17, 15) is 8.78 Å². The van der Waals surface area contributed by atoms with Gasteiger partial charge in [0, 0.05) is 30.8 Å². The van der Waals surface area contributed by atoms with E-state index in [-0.39, 0.29) is 11.0 Å². The van der Waals surface area contributed by atoms with Crippen molar-refractivity contribution < 1.29 is 13.5 Å². The van der Waals surface area contributed by atoms with Crippen molar-refractivity contribution >= 4 is 17.8 Å². The topological polar surface area (TPSA) is 24.8 Å². The molecule has 152 valence electrons. The molecule has 0 unspecified atom stereocenters. The molecule has 3 nitrogen and oxygen atoms in total. The van der Waals surface area contributed by atoms with Gasteiger partial charge in [-0.25, -0.2) is 13.2 Å². The molecule has 6 heteroatoms. The maximum atomic E-state index is 13.6. The molecular formula is C23H24F2N2OS. The zero-order chi connectivity index (χ0) is 20.1. The molecule has 2 aromatic carbocycles. The van der Waals surface area contributed by atoms with Crippen molar-refractivity contribution in [1.29, 1.82) is 0 Å². The van der Waals surface area contributed by atoms with Crippen LogP contribution >= 0.6 is 11.9 Å². The first-order valence-corrected chi connectivity index (χ1v) is 11.1. The van der Waals surface area contributed by atoms with Crippen LogP contribution in [0.1, 0.15) is 43.7 Å². The number of piperidine rings is 2. The fourth-order valence-corrected chi connectivity index (χ4v) is 5.75. The third-order valence-corrected chi connectivity index (χ3v) is 7.17. The summed E-state index contributed by atoms with van der Waals surface area (Å²) >= 11 is 1.68. The van der Waals surface area contributed by atoms with Crippen molar-refractivity contribution in [1.82, 2.24) is 4.90 Å². The molecule has 0 atom stereocenters. The highest BCUT2D eigenvalue weighted by Crippen LogP contribution is 2.49. The summed E-state index contributed by atoms with van der Waals surface area (Å²) < 4.78 is 37.9. The Bertz CT molecular complexity index is 931. The normalized spacial score (nSPS) is 26.1. The summed E-state index contributed by atoms with van der Waals surface area (Å²) in [4.78, 5) is 2.53. The molecule has 29 heavy (non-hydrogen) atoms. The molecule has 0 N–H and O–H groups in total. The van der Waals surface area contributed by atoms with E-state index in [1.807, 2.05) is 12.1 Å². The van der Waals surface area contributed by atoms with Gasteiger partial charge in [-0.1, -0.05) is 24.3 Å². The highest BCUT2D eigenvalue weighted by molar-refractivity contribution is 7.98. The number of fused-ring (bicyclic) bond motifs is 2. The van der Waals surface area contributed by atoms with Gasteiger partial charge in [0.15, 0.2) is 0 Å². The van der Waals surface area contributed by atoms with Gasteiger partial charge in [0.1, 0.15) is 17.3 Å². The highest BCUT2D eigenvalue weighted by atomic mass is 32.2. The lowest BCUT2D eigenvalue weighted by Crippen LogP contribution is -2.61. The van der Waals surface area contributed by atoms with Crippen molar-refractivity contribution in [2.45, 2.75) is 50.0 Å². The average molecular weight is 415 g/mol. The van der Waals surface area contributed by atoms with Crippen molar-refractivity contribution in [3.63, 3.8) is 0 Å². The molecule has 0 spiro atoms. The van der Waals surface area contributed by atoms with E-state index in [2.05, 4.69) is 17.0 Å². The number of hydrogen-bond acceptors (Lipinski definition) is 4. The number of amidine groups is 1. The van der Waals surface area contributed by atoms with Crippen LogP contribution in [0.15, 0.2) is 52.9 Å². The molecule has 2 saturated heterocycles. The van der Waals surface area contributed by atoms with Gasteiger partial charge in [0.05, 0.1) is 5.41 Å². The van der Waals surface area contributed by atoms with Gasteiger partial charge >= 0.3 is 0 Å². The van der Waals surface area contributed by atoms with Crippen molar-refractivity contribution in [2.24, 2.45) is 4.40 Å². The number of ether oxygens (including phenoxy) is 1. The van der Waals surface area contributed by atoms with Crippen LogP contribution in [0.25, 0.3) is 0 Å². The molecule has 0 aromatic heterocycles. The van der Waals surface area contributed by atoms with E-state index in [0.717, 1.165) is 32.1 Å². The van der Waals surface area contributed by atoms with Crippen molar-refractivity contribution in [3.05, 3.63) is 59.7 Å². The first-order valence-electron chi connectivity index (χ1n) is 10.2. The largest absolute Gasteiger partial charge is 0.457 e. The Labute approximate surface area is 174 Å². The van der Waals surface area contributed by atoms with Crippen LogP contribution in [0, 0.1) is 0 Å². The zero-order valence-electron chi connectivity index (χ0n) is 16.4. The van der Waals surface area contributed by atoms with Crippen LogP contribution in [0.2, 0.25) is 0 Å². The van der Waals surface area contributed by atoms with E-state index in [1.54, 1.807) is 24.1 Å². The summed E-state index contributed by atoms with van der Waals surface area (Å²) in [5.74, 6) is 0.518. The maximum Gasteiger partial charge on any atom is 0.270 e. The summed E-state index contributed by atoms with van der Waals surface area (Å²) in [6, 6.07) is 14.9. The fraction of sp³-hybridized carbons (Fsp3) is 0.435. The molecule has 3 aliphatic heterocycles. The number of hydrogen-bond donors (Lipinski definition) is 0. The first-order chi connectivity index (χ1) is 14.0. The Morgan fingerprint density at radius 2 is 1.86 bits per heavy atom. The molecule has 3 fully saturated rings. The lowest BCUT2D eigenvalue weighted by atomic mass is 9.63. The lowest BCUT2D eigenvalue weighted by molar-refractivity contribution is 0.0173. The second-order valence-corrected chi connectivity index (χ2v) is 9.15. The predicted octanol–water partition coefficient (Wildman–Crippen LogP) is 6.15. The van der Waals surface area contributed by atoms with Crippen molar-refractivity contribution in [2.75, 3.05) is 12.3 Å². The SMILES string of the molecule is CC(F)(F)c1cccc(Oc2ccc(C34CCC(CC3)N3CCSN=C34)cc2)c1. The smallest absolute Gasteiger partial charge is 0.270 e. The lowest BCUT2D eigenvalue weighted by Gasteiger charge is -2.55. The molecular weight excluding hydrogens is 390 g/mol. The van der Waals surface area contributed by atoms with Gasteiger partial charge < -0.3 is 9.64 Å². The quantitative estimate of drug-likeness (QED) is 0.561. The van der Waals surface area contributed by atoms with Gasteiger partial charge in [-0.3, -0.25) is 0 Å². The van der Waals surface area contributed by atoms with Crippen molar-refractivity contribution in [3.8, 4) is 11.5 Å². The predicted molar refractivity (Wildman–Crippen MR) is 113 cm³/mol. The van der Waals surface area contributed by atoms with Crippen LogP contribution in [-0.4, -0.2) is 29.1 Å². The van der Waals surface area contributed by atoms with Gasteiger partial charge in [-0.2, -0.15) is 0 Å². The van der Waals surface area contributed by atoms with E-state index in [1.165, 1.54) is 36.4 Å². The number of halogens is 2. The summed E-state index contributed by atoms with van der Waals surface area (Å²) in [5.41, 5.74) is 1.24. The third kappa shape index (κ3) is 3.31. The Hall–Kier alpha value is -2.08. The number of rotatable bonds is 4. The van der Waals surface area contributed by atoms with Crippen LogP contribution in [0.3, 0.4) is 0 Å². The molecule has 1 aliphatic carbocycles. The second-order valence-electron chi connectivity index (χ2n) is 8.30. The van der Waals surface area contributed by atoms with E-state index in [0.29, 0.717) is 17.5 Å². The summed E-state index contributed by atoms with van der Waals surface area (Å²) in [6.07, 6.45) is 4.72. The molecule has 2 bridgehead atoms. The maximum absolute atomic E-state index is 13.6. The van der Waals surface area contributed by atoms with Gasteiger partial charge in [-0.15, -0.1) is 0 Å². The Kier molecular flexibility index (Phi) is 4.57. The Balaban J connectivity index is 1.40. The average Bonchev–Trinajstić information content (AvgIpc) is 2.75. The molecule has 4 aliphatic rings. The molecule has 0 radical (unpaired) electrons. The zero-order valence-corrected chi connectivity index (χ0v) is 17.2. The minimum atomic E-state index is -2.88. The molecule has 3 heterocycles. The van der Waals surface area contributed by atoms with Gasteiger partial charge in [-0.05, 0) is 67.5 Å². The fourth-order valence-electron chi connectivity index (χ4n) is 4.98. The summed E-state index contributed by atoms with van der Waals surface area (Å²) in [7, 11) is 0. The Morgan fingerprint density at radius 1 is 1.10 bits per heavy atom. The highest BCUT2D eigenvalue weighted by Gasteiger charge is 2.51. The minimum Gasteiger partial charge on any atom is -0.457 e. The monoisotopic (exact) mass is 414 g/mol. The Morgan fingerprint density at radius 3 is 2.59 bits per heavy atom. The summed E-state index contributed by atoms with van der Waals surface area (Å²) in [5, 5.41) is 0. The van der Waals surface area contributed by atoms with Crippen LogP contribution in [-0.2, 0) is 11.3 Å². The molecule has 6 rings (SSSR count). The number of benzene rings is 2. The van der Waals surface area contributed by atoms with Gasteiger partial charge in [0.2, 0.25) is 0 Å². The van der Waals surface area contributed by atoms with Crippen LogP contribution in [0.5, 0.6) is 11.5 Å². The number of nitrogens with zero attached hydrogens (tertiary/aromatic N) is 2. The summed E-state index contributed by atoms with van der Waals surface area (Å²) in [6.45, 7) is 1.99.